The van der Waals surface area contributed by atoms with Gasteiger partial charge in [-0.25, -0.2) is 0 Å². The van der Waals surface area contributed by atoms with E-state index < -0.39 is 5.79 Å². The van der Waals surface area contributed by atoms with Gasteiger partial charge in [-0.2, -0.15) is 0 Å². The van der Waals surface area contributed by atoms with Crippen molar-refractivity contribution in [3.05, 3.63) is 73.5 Å². The van der Waals surface area contributed by atoms with Crippen molar-refractivity contribution in [2.45, 2.75) is 12.2 Å². The Morgan fingerprint density at radius 2 is 1.77 bits per heavy atom. The number of aliphatic hydroxyl groups is 1. The number of ether oxygens (including phenoxy) is 2. The van der Waals surface area contributed by atoms with Crippen molar-refractivity contribution < 1.29 is 14.6 Å². The van der Waals surface area contributed by atoms with Crippen molar-refractivity contribution in [2.75, 3.05) is 6.79 Å². The van der Waals surface area contributed by atoms with E-state index in [0.29, 0.717) is 6.42 Å². The molecule has 1 atom stereocenters. The fourth-order valence-electron chi connectivity index (χ4n) is 3.80. The first-order valence-corrected chi connectivity index (χ1v) is 9.86. The lowest BCUT2D eigenvalue weighted by atomic mass is 9.85. The molecule has 1 unspecified atom stereocenters. The van der Waals surface area contributed by atoms with Crippen LogP contribution in [0.3, 0.4) is 0 Å². The largest absolute Gasteiger partial charge is 0.467 e. The van der Waals surface area contributed by atoms with Gasteiger partial charge in [-0.05, 0) is 51.5 Å². The van der Waals surface area contributed by atoms with E-state index >= 15 is 0 Å². The molecule has 0 radical (unpaired) electrons. The highest BCUT2D eigenvalue weighted by Crippen LogP contribution is 2.42. The van der Waals surface area contributed by atoms with E-state index in [2.05, 4.69) is 50.1 Å². The minimum atomic E-state index is -1.41. The number of benzene rings is 3. The molecule has 1 aliphatic carbocycles. The van der Waals surface area contributed by atoms with E-state index in [9.17, 15) is 5.11 Å². The minimum absolute atomic E-state index is 0.00867. The second-order valence-corrected chi connectivity index (χ2v) is 8.34. The fraction of sp³-hybridized carbons (Fsp3) is 0.143. The number of halogens is 2. The van der Waals surface area contributed by atoms with Gasteiger partial charge in [-0.3, -0.25) is 0 Å². The number of rotatable bonds is 0. The maximum absolute atomic E-state index is 11.4. The number of hydrogen-bond acceptors (Lipinski definition) is 3. The molecular formula is C21H14Br2O3. The zero-order valence-corrected chi connectivity index (χ0v) is 16.8. The molecule has 3 aromatic carbocycles. The normalized spacial score (nSPS) is 21.1. The average molecular weight is 474 g/mol. The molecule has 0 fully saturated rings. The predicted molar refractivity (Wildman–Crippen MR) is 108 cm³/mol. The van der Waals surface area contributed by atoms with Crippen LogP contribution in [0.2, 0.25) is 0 Å². The summed E-state index contributed by atoms with van der Waals surface area (Å²) in [6, 6.07) is 16.2. The second kappa shape index (κ2) is 5.92. The third-order valence-electron chi connectivity index (χ3n) is 4.98. The smallest absolute Gasteiger partial charge is 0.200 e. The molecule has 3 aromatic rings. The molecule has 0 aromatic heterocycles. The fourth-order valence-corrected chi connectivity index (χ4v) is 4.56. The predicted octanol–water partition coefficient (Wildman–Crippen LogP) is 3.80. The maximum Gasteiger partial charge on any atom is 0.200 e. The standard InChI is InChI=1S/C21H14Br2O3/c22-14-2-4-16-12(9-14)1-6-18-19(16)20-17-5-3-15(23)10-13(17)7-8-21(20,24)26-11-25-18/h1-7,9-10,24H,8,11H2. The van der Waals surface area contributed by atoms with Crippen LogP contribution in [-0.2, 0) is 4.74 Å². The van der Waals surface area contributed by atoms with Crippen molar-refractivity contribution in [3.8, 4) is 5.75 Å². The molecule has 0 saturated heterocycles. The Morgan fingerprint density at radius 3 is 2.65 bits per heavy atom. The van der Waals surface area contributed by atoms with Crippen LogP contribution in [0, 0.1) is 0 Å². The lowest BCUT2D eigenvalue weighted by Gasteiger charge is -2.30. The van der Waals surface area contributed by atoms with Gasteiger partial charge in [0, 0.05) is 26.5 Å². The molecule has 5 rings (SSSR count). The summed E-state index contributed by atoms with van der Waals surface area (Å²) in [5.41, 5.74) is 1.66. The molecule has 1 aliphatic heterocycles. The quantitative estimate of drug-likeness (QED) is 0.539. The molecule has 130 valence electrons. The van der Waals surface area contributed by atoms with Crippen LogP contribution >= 0.6 is 31.9 Å². The summed E-state index contributed by atoms with van der Waals surface area (Å²) in [5.74, 6) is -0.686. The molecule has 0 spiro atoms. The summed E-state index contributed by atoms with van der Waals surface area (Å²) in [4.78, 5) is 0. The maximum atomic E-state index is 11.4. The molecule has 2 aliphatic rings. The van der Waals surface area contributed by atoms with E-state index in [-0.39, 0.29) is 6.79 Å². The van der Waals surface area contributed by atoms with E-state index in [4.69, 9.17) is 9.47 Å². The van der Waals surface area contributed by atoms with Gasteiger partial charge in [0.2, 0.25) is 5.79 Å². The minimum Gasteiger partial charge on any atom is -0.467 e. The second-order valence-electron chi connectivity index (χ2n) is 6.51. The van der Waals surface area contributed by atoms with Crippen molar-refractivity contribution in [1.29, 1.82) is 0 Å². The zero-order valence-electron chi connectivity index (χ0n) is 13.6. The van der Waals surface area contributed by atoms with Crippen molar-refractivity contribution in [2.24, 2.45) is 0 Å². The summed E-state index contributed by atoms with van der Waals surface area (Å²) in [6.45, 7) is 0.00867. The van der Waals surface area contributed by atoms with Crippen LogP contribution in [0.25, 0.3) is 22.4 Å². The molecular weight excluding hydrogens is 460 g/mol. The van der Waals surface area contributed by atoms with E-state index in [1.165, 1.54) is 0 Å². The van der Waals surface area contributed by atoms with Crippen LogP contribution in [0.4, 0.5) is 0 Å². The Labute approximate surface area is 166 Å². The van der Waals surface area contributed by atoms with Gasteiger partial charge >= 0.3 is 0 Å². The van der Waals surface area contributed by atoms with Gasteiger partial charge in [0.15, 0.2) is 6.79 Å². The molecule has 3 nitrogen and oxygen atoms in total. The molecule has 0 saturated carbocycles. The van der Waals surface area contributed by atoms with Gasteiger partial charge < -0.3 is 14.6 Å². The summed E-state index contributed by atoms with van der Waals surface area (Å²) in [7, 11) is 0. The number of hydrogen-bond donors (Lipinski definition) is 1. The summed E-state index contributed by atoms with van der Waals surface area (Å²) in [5, 5.41) is 15.5. The first kappa shape index (κ1) is 16.5. The Morgan fingerprint density at radius 1 is 0.962 bits per heavy atom. The van der Waals surface area contributed by atoms with Gasteiger partial charge in [0.05, 0.1) is 0 Å². The Bertz CT molecular complexity index is 1190. The monoisotopic (exact) mass is 472 g/mol. The Balaban J connectivity index is 1.99. The van der Waals surface area contributed by atoms with E-state index in [1.807, 2.05) is 36.4 Å². The van der Waals surface area contributed by atoms with Gasteiger partial charge in [0.25, 0.3) is 0 Å². The van der Waals surface area contributed by atoms with Crippen LogP contribution in [0.15, 0.2) is 57.5 Å². The first-order valence-electron chi connectivity index (χ1n) is 8.27. The Kier molecular flexibility index (Phi) is 3.76. The highest BCUT2D eigenvalue weighted by molar-refractivity contribution is 9.10. The molecule has 26 heavy (non-hydrogen) atoms. The number of fused-ring (bicyclic) bond motifs is 6. The highest BCUT2D eigenvalue weighted by Gasteiger charge is 2.39. The lowest BCUT2D eigenvalue weighted by Crippen LogP contribution is -2.44. The molecule has 5 heteroatoms. The zero-order chi connectivity index (χ0) is 17.9. The molecule has 1 N–H and O–H groups in total. The van der Waals surface area contributed by atoms with Gasteiger partial charge in [-0.1, -0.05) is 56.1 Å². The van der Waals surface area contributed by atoms with Gasteiger partial charge in [0.1, 0.15) is 5.75 Å². The van der Waals surface area contributed by atoms with Crippen molar-refractivity contribution in [1.82, 2.24) is 0 Å². The van der Waals surface area contributed by atoms with E-state index in [1.54, 1.807) is 0 Å². The lowest BCUT2D eigenvalue weighted by molar-refractivity contribution is -0.185. The molecule has 0 bridgehead atoms. The van der Waals surface area contributed by atoms with Crippen LogP contribution in [0.5, 0.6) is 5.75 Å². The third-order valence-corrected chi connectivity index (χ3v) is 5.96. The average Bonchev–Trinajstić information content (AvgIpc) is 2.77. The van der Waals surface area contributed by atoms with Crippen molar-refractivity contribution >= 4 is 54.3 Å². The third kappa shape index (κ3) is 2.46. The van der Waals surface area contributed by atoms with Crippen LogP contribution in [0.1, 0.15) is 12.0 Å². The van der Waals surface area contributed by atoms with Crippen LogP contribution < -0.4 is 15.2 Å². The van der Waals surface area contributed by atoms with E-state index in [0.717, 1.165) is 47.0 Å². The molecule has 0 amide bonds. The summed E-state index contributed by atoms with van der Waals surface area (Å²) >= 11 is 7.07. The highest BCUT2D eigenvalue weighted by atomic mass is 79.9. The topological polar surface area (TPSA) is 38.7 Å². The summed E-state index contributed by atoms with van der Waals surface area (Å²) < 4.78 is 13.6. The van der Waals surface area contributed by atoms with Crippen molar-refractivity contribution in [3.63, 3.8) is 0 Å². The van der Waals surface area contributed by atoms with Crippen LogP contribution in [-0.4, -0.2) is 17.7 Å². The summed E-state index contributed by atoms with van der Waals surface area (Å²) in [6.07, 6.45) is 2.39. The molecule has 1 heterocycles. The first-order chi connectivity index (χ1) is 12.5. The SMILES string of the molecule is OC12CC=c3cc(Br)ccc3=C1c1c(ccc3cc(Br)ccc13)OCO2. The van der Waals surface area contributed by atoms with Gasteiger partial charge in [-0.15, -0.1) is 0 Å². The Hall–Kier alpha value is -1.66.